The molecule has 5 nitrogen and oxygen atoms in total. The molecule has 51 heavy (non-hydrogen) atoms. The molecule has 1 aliphatic rings. The van der Waals surface area contributed by atoms with Gasteiger partial charge in [0, 0.05) is 22.3 Å². The number of aryl methyl sites for hydroxylation is 1. The Labute approximate surface area is 294 Å². The summed E-state index contributed by atoms with van der Waals surface area (Å²) in [5.74, 6) is 2.40. The van der Waals surface area contributed by atoms with Crippen molar-refractivity contribution < 1.29 is 4.42 Å². The second-order valence-corrected chi connectivity index (χ2v) is 13.0. The maximum Gasteiger partial charge on any atom is 0.227 e. The van der Waals surface area contributed by atoms with Gasteiger partial charge in [0.2, 0.25) is 5.89 Å². The Bertz CT molecular complexity index is 2740. The molecule has 0 aliphatic heterocycles. The van der Waals surface area contributed by atoms with Crippen LogP contribution in [-0.2, 0) is 6.42 Å². The zero-order valence-corrected chi connectivity index (χ0v) is 27.6. The highest BCUT2D eigenvalue weighted by atomic mass is 16.3. The highest BCUT2D eigenvalue weighted by Crippen LogP contribution is 2.39. The van der Waals surface area contributed by atoms with Crippen LogP contribution < -0.4 is 0 Å². The summed E-state index contributed by atoms with van der Waals surface area (Å²) in [7, 11) is 0. The molecule has 2 aromatic heterocycles. The van der Waals surface area contributed by atoms with Gasteiger partial charge >= 0.3 is 0 Å². The lowest BCUT2D eigenvalue weighted by Crippen LogP contribution is -2.00. The molecule has 10 rings (SSSR count). The van der Waals surface area contributed by atoms with Crippen molar-refractivity contribution in [2.24, 2.45) is 0 Å². The zero-order valence-electron chi connectivity index (χ0n) is 27.6. The summed E-state index contributed by atoms with van der Waals surface area (Å²) >= 11 is 0. The normalized spacial score (nSPS) is 12.5. The molecular weight excluding hydrogens is 625 g/mol. The van der Waals surface area contributed by atoms with Crippen molar-refractivity contribution in [3.63, 3.8) is 0 Å². The summed E-state index contributed by atoms with van der Waals surface area (Å²) in [6.07, 6.45) is 6.71. The van der Waals surface area contributed by atoms with Crippen LogP contribution in [0.25, 0.3) is 95.5 Å². The van der Waals surface area contributed by atoms with Crippen LogP contribution in [0.5, 0.6) is 0 Å². The van der Waals surface area contributed by atoms with E-state index >= 15 is 0 Å². The lowest BCUT2D eigenvalue weighted by Gasteiger charge is -2.18. The average Bonchev–Trinajstić information content (AvgIpc) is 3.65. The van der Waals surface area contributed by atoms with E-state index in [1.165, 1.54) is 38.2 Å². The van der Waals surface area contributed by atoms with Gasteiger partial charge in [0.1, 0.15) is 5.52 Å². The van der Waals surface area contributed by atoms with Crippen molar-refractivity contribution in [2.45, 2.75) is 12.8 Å². The van der Waals surface area contributed by atoms with E-state index in [0.29, 0.717) is 28.9 Å². The first kappa shape index (κ1) is 29.2. The lowest BCUT2D eigenvalue weighted by molar-refractivity contribution is 0.620. The average molecular weight is 655 g/mol. The molecule has 5 heteroatoms. The van der Waals surface area contributed by atoms with E-state index in [4.69, 9.17) is 24.4 Å². The smallest absolute Gasteiger partial charge is 0.227 e. The summed E-state index contributed by atoms with van der Waals surface area (Å²) < 4.78 is 6.34. The summed E-state index contributed by atoms with van der Waals surface area (Å²) in [4.78, 5) is 19.6. The minimum Gasteiger partial charge on any atom is -0.436 e. The molecule has 0 saturated heterocycles. The van der Waals surface area contributed by atoms with Crippen LogP contribution in [0.1, 0.15) is 17.5 Å². The molecule has 9 aromatic rings. The van der Waals surface area contributed by atoms with Gasteiger partial charge in [-0.1, -0.05) is 121 Å². The predicted octanol–water partition coefficient (Wildman–Crippen LogP) is 11.6. The highest BCUT2D eigenvalue weighted by molar-refractivity contribution is 6.13. The first-order valence-electron chi connectivity index (χ1n) is 17.3. The Morgan fingerprint density at radius 2 is 1.04 bits per heavy atom. The standard InChI is InChI=1S/C46H30N4O/c1-3-12-29(13-4-1)43-48-44(30-14-5-2-6-15-30)50-45(49-43)33-23-25-42-41(28-33)47-46(51-42)34-17-11-16-31(26-34)32-22-24-39-37-20-8-7-18-35(37)36-19-9-10-21-38(36)40(39)27-32/h1-9,11-20,22-28H,10,21H2. The molecule has 7 aromatic carbocycles. The fourth-order valence-electron chi connectivity index (χ4n) is 7.32. The third kappa shape index (κ3) is 5.18. The van der Waals surface area contributed by atoms with Gasteiger partial charge in [0.05, 0.1) is 0 Å². The van der Waals surface area contributed by atoms with Crippen molar-refractivity contribution in [1.82, 2.24) is 19.9 Å². The third-order valence-corrected chi connectivity index (χ3v) is 9.81. The van der Waals surface area contributed by atoms with Crippen molar-refractivity contribution in [1.29, 1.82) is 0 Å². The molecule has 0 radical (unpaired) electrons. The minimum atomic E-state index is 0.573. The molecule has 1 aliphatic carbocycles. The minimum absolute atomic E-state index is 0.573. The van der Waals surface area contributed by atoms with Gasteiger partial charge in [-0.3, -0.25) is 0 Å². The quantitative estimate of drug-likeness (QED) is 0.173. The molecule has 0 spiro atoms. The Morgan fingerprint density at radius 1 is 0.431 bits per heavy atom. The van der Waals surface area contributed by atoms with Crippen LogP contribution in [0.2, 0.25) is 0 Å². The van der Waals surface area contributed by atoms with E-state index in [1.54, 1.807) is 0 Å². The van der Waals surface area contributed by atoms with Crippen molar-refractivity contribution >= 4 is 38.7 Å². The fourth-order valence-corrected chi connectivity index (χ4v) is 7.32. The molecule has 0 N–H and O–H groups in total. The van der Waals surface area contributed by atoms with Gasteiger partial charge < -0.3 is 4.42 Å². The van der Waals surface area contributed by atoms with Crippen LogP contribution in [0, 0.1) is 0 Å². The number of nitrogens with zero attached hydrogens (tertiary/aromatic N) is 4. The van der Waals surface area contributed by atoms with Crippen LogP contribution in [0.4, 0.5) is 0 Å². The first-order valence-corrected chi connectivity index (χ1v) is 17.3. The largest absolute Gasteiger partial charge is 0.436 e. The maximum atomic E-state index is 6.34. The van der Waals surface area contributed by atoms with E-state index in [9.17, 15) is 0 Å². The van der Waals surface area contributed by atoms with Gasteiger partial charge in [-0.05, 0) is 93.0 Å². The monoisotopic (exact) mass is 654 g/mol. The topological polar surface area (TPSA) is 64.7 Å². The molecule has 0 fully saturated rings. The summed E-state index contributed by atoms with van der Waals surface area (Å²) in [6, 6.07) is 50.0. The van der Waals surface area contributed by atoms with E-state index in [2.05, 4.69) is 78.9 Å². The number of oxazole rings is 1. The first-order chi connectivity index (χ1) is 25.2. The van der Waals surface area contributed by atoms with Gasteiger partial charge in [-0.25, -0.2) is 19.9 Å². The molecule has 0 saturated carbocycles. The molecule has 2 heterocycles. The number of hydrogen-bond donors (Lipinski definition) is 0. The molecule has 240 valence electrons. The highest BCUT2D eigenvalue weighted by Gasteiger charge is 2.17. The van der Waals surface area contributed by atoms with Gasteiger partial charge in [0.15, 0.2) is 23.1 Å². The summed E-state index contributed by atoms with van der Waals surface area (Å²) in [5, 5.41) is 5.26. The van der Waals surface area contributed by atoms with Crippen LogP contribution >= 0.6 is 0 Å². The Balaban J connectivity index is 1.03. The van der Waals surface area contributed by atoms with E-state index in [-0.39, 0.29) is 0 Å². The van der Waals surface area contributed by atoms with Gasteiger partial charge in [-0.15, -0.1) is 0 Å². The number of benzene rings is 7. The second kappa shape index (κ2) is 12.0. The number of aromatic nitrogens is 4. The van der Waals surface area contributed by atoms with Crippen molar-refractivity contribution in [3.05, 3.63) is 163 Å². The number of allylic oxidation sites excluding steroid dienone is 1. The van der Waals surface area contributed by atoms with Crippen LogP contribution in [0.3, 0.4) is 0 Å². The summed E-state index contributed by atoms with van der Waals surface area (Å²) in [5.41, 5.74) is 10.2. The Hall–Kier alpha value is -6.72. The lowest BCUT2D eigenvalue weighted by atomic mass is 9.85. The van der Waals surface area contributed by atoms with Gasteiger partial charge in [-0.2, -0.15) is 0 Å². The maximum absolute atomic E-state index is 6.34. The van der Waals surface area contributed by atoms with Gasteiger partial charge in [0.25, 0.3) is 0 Å². The fraction of sp³-hybridized carbons (Fsp3) is 0.0435. The Kier molecular flexibility index (Phi) is 6.88. The van der Waals surface area contributed by atoms with Crippen molar-refractivity contribution in [2.75, 3.05) is 0 Å². The number of hydrogen-bond acceptors (Lipinski definition) is 5. The molecule has 0 atom stereocenters. The van der Waals surface area contributed by atoms with Crippen LogP contribution in [-0.4, -0.2) is 19.9 Å². The predicted molar refractivity (Wildman–Crippen MR) is 207 cm³/mol. The molecular formula is C46H30N4O. The SMILES string of the molecule is C1=Cc2c(c3cc(-c4cccc(-c5nc6cc(-c7nc(-c8ccccc8)nc(-c8ccccc8)n7)ccc6o5)c4)ccc3c3ccccc23)CC1. The third-order valence-electron chi connectivity index (χ3n) is 9.81. The van der Waals surface area contributed by atoms with E-state index < -0.39 is 0 Å². The summed E-state index contributed by atoms with van der Waals surface area (Å²) in [6.45, 7) is 0. The molecule has 0 amide bonds. The van der Waals surface area contributed by atoms with Crippen molar-refractivity contribution in [3.8, 4) is 56.7 Å². The van der Waals surface area contributed by atoms with E-state index in [0.717, 1.165) is 46.2 Å². The number of fused-ring (bicyclic) bond motifs is 7. The molecule has 0 bridgehead atoms. The number of rotatable bonds is 5. The molecule has 0 unspecified atom stereocenters. The zero-order chi connectivity index (χ0) is 33.7. The second-order valence-electron chi connectivity index (χ2n) is 13.0. The van der Waals surface area contributed by atoms with E-state index in [1.807, 2.05) is 78.9 Å². The van der Waals surface area contributed by atoms with Crippen LogP contribution in [0.15, 0.2) is 156 Å². The Morgan fingerprint density at radius 3 is 1.80 bits per heavy atom.